The molecule has 9 nitrogen and oxygen atoms in total. The van der Waals surface area contributed by atoms with Crippen molar-refractivity contribution < 1.29 is 26.8 Å². The molecule has 0 radical (unpaired) electrons. The summed E-state index contributed by atoms with van der Waals surface area (Å²) >= 11 is 0. The van der Waals surface area contributed by atoms with E-state index >= 15 is 0 Å². The molecule has 0 aliphatic carbocycles. The molecule has 214 valence electrons. The number of nitrogens with zero attached hydrogens (tertiary/aromatic N) is 2. The Morgan fingerprint density at radius 2 is 1.93 bits per heavy atom. The highest BCUT2D eigenvalue weighted by atomic mass is 32.2. The van der Waals surface area contributed by atoms with E-state index in [1.54, 1.807) is 35.2 Å². The summed E-state index contributed by atoms with van der Waals surface area (Å²) < 4.78 is 57.2. The number of nitrogens with one attached hydrogen (secondary N) is 2. The van der Waals surface area contributed by atoms with E-state index in [4.69, 9.17) is 5.73 Å². The lowest BCUT2D eigenvalue weighted by molar-refractivity contribution is -0.139. The average Bonchev–Trinajstić information content (AvgIpc) is 3.38. The third-order valence-electron chi connectivity index (χ3n) is 7.50. The van der Waals surface area contributed by atoms with E-state index in [1.165, 1.54) is 19.2 Å². The standard InChI is InChI=1S/C28H33F2N5O4S/c1-18-8-6-7-13-35(18)25(36)15-28(27(31)37,34-40(38,39)17-20-9-4-3-5-10-20)19(2)26-32-16-24(33-26)22-12-11-21(29)14-23(22)30/h3-5,9-12,14,16,18-19,34H,6-8,13,15,17H2,1-2H3,(H2,31,37)(H,32,33)/t18-,19+,28?/m0/s1. The van der Waals surface area contributed by atoms with Crippen LogP contribution in [-0.2, 0) is 25.4 Å². The molecular weight excluding hydrogens is 540 g/mol. The van der Waals surface area contributed by atoms with Crippen LogP contribution in [0.1, 0.15) is 56.8 Å². The second kappa shape index (κ2) is 11.8. The Balaban J connectivity index is 1.74. The van der Waals surface area contributed by atoms with Gasteiger partial charge in [0, 0.05) is 30.1 Å². The van der Waals surface area contributed by atoms with Gasteiger partial charge in [0.05, 0.1) is 24.1 Å². The molecule has 40 heavy (non-hydrogen) atoms. The number of primary amides is 1. The Morgan fingerprint density at radius 1 is 1.20 bits per heavy atom. The third-order valence-corrected chi connectivity index (χ3v) is 8.88. The summed E-state index contributed by atoms with van der Waals surface area (Å²) in [5.74, 6) is -4.48. The van der Waals surface area contributed by atoms with Gasteiger partial charge in [-0.3, -0.25) is 9.59 Å². The van der Waals surface area contributed by atoms with Gasteiger partial charge in [0.2, 0.25) is 21.8 Å². The van der Waals surface area contributed by atoms with E-state index in [0.717, 1.165) is 31.4 Å². The Hall–Kier alpha value is -3.64. The highest BCUT2D eigenvalue weighted by Gasteiger charge is 2.49. The number of benzene rings is 2. The fourth-order valence-corrected chi connectivity index (χ4v) is 6.79. The maximum atomic E-state index is 14.4. The summed E-state index contributed by atoms with van der Waals surface area (Å²) in [7, 11) is -4.20. The minimum atomic E-state index is -4.20. The largest absolute Gasteiger partial charge is 0.368 e. The van der Waals surface area contributed by atoms with Crippen molar-refractivity contribution in [1.82, 2.24) is 19.6 Å². The first-order chi connectivity index (χ1) is 18.9. The highest BCUT2D eigenvalue weighted by molar-refractivity contribution is 7.88. The maximum Gasteiger partial charge on any atom is 0.240 e. The first-order valence-electron chi connectivity index (χ1n) is 13.1. The molecule has 2 aromatic carbocycles. The number of rotatable bonds is 10. The summed E-state index contributed by atoms with van der Waals surface area (Å²) in [5, 5.41) is 0. The lowest BCUT2D eigenvalue weighted by atomic mass is 9.81. The number of likely N-dealkylation sites (tertiary alicyclic amines) is 1. The van der Waals surface area contributed by atoms with Crippen LogP contribution in [0.15, 0.2) is 54.7 Å². The van der Waals surface area contributed by atoms with Crippen LogP contribution in [0.4, 0.5) is 8.78 Å². The second-order valence-electron chi connectivity index (χ2n) is 10.3. The number of aromatic amines is 1. The van der Waals surface area contributed by atoms with Crippen LogP contribution >= 0.6 is 0 Å². The van der Waals surface area contributed by atoms with E-state index in [-0.39, 0.29) is 23.1 Å². The van der Waals surface area contributed by atoms with E-state index < -0.39 is 57.1 Å². The fourth-order valence-electron chi connectivity index (χ4n) is 5.18. The van der Waals surface area contributed by atoms with E-state index in [9.17, 15) is 26.8 Å². The number of aromatic nitrogens is 2. The van der Waals surface area contributed by atoms with Crippen molar-refractivity contribution in [2.75, 3.05) is 6.54 Å². The van der Waals surface area contributed by atoms with Gasteiger partial charge < -0.3 is 15.6 Å². The molecule has 0 saturated carbocycles. The predicted molar refractivity (Wildman–Crippen MR) is 146 cm³/mol. The van der Waals surface area contributed by atoms with Crippen LogP contribution in [0.3, 0.4) is 0 Å². The lowest BCUT2D eigenvalue weighted by Crippen LogP contribution is -2.63. The van der Waals surface area contributed by atoms with Crippen molar-refractivity contribution in [3.8, 4) is 11.3 Å². The number of hydrogen-bond acceptors (Lipinski definition) is 5. The topological polar surface area (TPSA) is 138 Å². The number of H-pyrrole nitrogens is 1. The van der Waals surface area contributed by atoms with Crippen molar-refractivity contribution in [2.45, 2.75) is 62.8 Å². The summed E-state index contributed by atoms with van der Waals surface area (Å²) in [5.41, 5.74) is 4.49. The molecule has 4 rings (SSSR count). The van der Waals surface area contributed by atoms with Crippen LogP contribution in [0.2, 0.25) is 0 Å². The van der Waals surface area contributed by atoms with E-state index in [0.29, 0.717) is 12.1 Å². The summed E-state index contributed by atoms with van der Waals surface area (Å²) in [6.45, 7) is 3.91. The molecule has 1 aliphatic rings. The Kier molecular flexibility index (Phi) is 8.69. The number of sulfonamides is 1. The quantitative estimate of drug-likeness (QED) is 0.340. The zero-order valence-electron chi connectivity index (χ0n) is 22.4. The molecule has 2 amide bonds. The second-order valence-corrected chi connectivity index (χ2v) is 12.0. The summed E-state index contributed by atoms with van der Waals surface area (Å²) in [6.07, 6.45) is 3.29. The molecule has 1 unspecified atom stereocenters. The monoisotopic (exact) mass is 573 g/mol. The van der Waals surface area contributed by atoms with Gasteiger partial charge >= 0.3 is 0 Å². The van der Waals surface area contributed by atoms with E-state index in [1.807, 2.05) is 6.92 Å². The van der Waals surface area contributed by atoms with Gasteiger partial charge in [-0.2, -0.15) is 4.72 Å². The number of hydrogen-bond donors (Lipinski definition) is 3. The molecule has 1 saturated heterocycles. The summed E-state index contributed by atoms with van der Waals surface area (Å²) in [4.78, 5) is 35.6. The SMILES string of the molecule is C[C@H](c1ncc(-c2ccc(F)cc2F)[nH]1)C(CC(=O)N1CCCC[C@@H]1C)(NS(=O)(=O)Cc1ccccc1)C(N)=O. The molecule has 0 spiro atoms. The molecule has 3 atom stereocenters. The van der Waals surface area contributed by atoms with Crippen LogP contribution in [0, 0.1) is 11.6 Å². The smallest absolute Gasteiger partial charge is 0.240 e. The van der Waals surface area contributed by atoms with Crippen LogP contribution in [-0.4, -0.2) is 53.2 Å². The Morgan fingerprint density at radius 3 is 2.58 bits per heavy atom. The van der Waals surface area contributed by atoms with Crippen molar-refractivity contribution in [3.63, 3.8) is 0 Å². The predicted octanol–water partition coefficient (Wildman–Crippen LogP) is 3.59. The van der Waals surface area contributed by atoms with E-state index in [2.05, 4.69) is 14.7 Å². The number of carbonyl (C=O) groups is 2. The molecule has 1 fully saturated rings. The zero-order chi connectivity index (χ0) is 29.1. The molecule has 2 heterocycles. The average molecular weight is 574 g/mol. The molecule has 0 bridgehead atoms. The van der Waals surface area contributed by atoms with Crippen molar-refractivity contribution in [1.29, 1.82) is 0 Å². The highest BCUT2D eigenvalue weighted by Crippen LogP contribution is 2.34. The molecule has 3 aromatic rings. The zero-order valence-corrected chi connectivity index (χ0v) is 23.2. The molecule has 1 aliphatic heterocycles. The van der Waals surface area contributed by atoms with Gasteiger partial charge in [0.25, 0.3) is 0 Å². The minimum absolute atomic E-state index is 0.0277. The van der Waals surface area contributed by atoms with Gasteiger partial charge in [-0.25, -0.2) is 22.2 Å². The van der Waals surface area contributed by atoms with Crippen LogP contribution in [0.5, 0.6) is 0 Å². The lowest BCUT2D eigenvalue weighted by Gasteiger charge is -2.39. The van der Waals surface area contributed by atoms with Crippen LogP contribution < -0.4 is 10.5 Å². The first-order valence-corrected chi connectivity index (χ1v) is 14.7. The number of halogens is 2. The van der Waals surface area contributed by atoms with Gasteiger partial charge in [-0.15, -0.1) is 0 Å². The van der Waals surface area contributed by atoms with Gasteiger partial charge in [-0.1, -0.05) is 37.3 Å². The van der Waals surface area contributed by atoms with Crippen LogP contribution in [0.25, 0.3) is 11.3 Å². The molecule has 4 N–H and O–H groups in total. The Labute approximate surface area is 232 Å². The molecule has 1 aromatic heterocycles. The number of amides is 2. The summed E-state index contributed by atoms with van der Waals surface area (Å²) in [6, 6.07) is 11.4. The maximum absolute atomic E-state index is 14.4. The van der Waals surface area contributed by atoms with Crippen molar-refractivity contribution in [2.24, 2.45) is 5.73 Å². The Bertz CT molecular complexity index is 1480. The van der Waals surface area contributed by atoms with Gasteiger partial charge in [0.15, 0.2) is 0 Å². The normalized spacial score (nSPS) is 18.2. The van der Waals surface area contributed by atoms with Crippen molar-refractivity contribution >= 4 is 21.8 Å². The first kappa shape index (κ1) is 29.3. The fraction of sp³-hybridized carbons (Fsp3) is 0.393. The minimum Gasteiger partial charge on any atom is -0.368 e. The van der Waals surface area contributed by atoms with Gasteiger partial charge in [0.1, 0.15) is 23.0 Å². The number of carbonyl (C=O) groups excluding carboxylic acids is 2. The van der Waals surface area contributed by atoms with Gasteiger partial charge in [-0.05, 0) is 43.9 Å². The third kappa shape index (κ3) is 6.39. The molecular formula is C28H33F2N5O4S. The van der Waals surface area contributed by atoms with Crippen molar-refractivity contribution in [3.05, 3.63) is 77.8 Å². The number of nitrogens with two attached hydrogens (primary N) is 1. The number of piperidine rings is 1. The molecule has 12 heteroatoms. The number of imidazole rings is 1.